The van der Waals surface area contributed by atoms with E-state index in [-0.39, 0.29) is 18.4 Å². The topological polar surface area (TPSA) is 66.3 Å². The van der Waals surface area contributed by atoms with Gasteiger partial charge in [0.05, 0.1) is 18.5 Å². The minimum absolute atomic E-state index is 0.0124. The van der Waals surface area contributed by atoms with Crippen LogP contribution >= 0.6 is 0 Å². The van der Waals surface area contributed by atoms with Crippen LogP contribution in [-0.4, -0.2) is 39.0 Å². The molecule has 0 saturated carbocycles. The van der Waals surface area contributed by atoms with Crippen LogP contribution in [-0.2, 0) is 13.0 Å². The fourth-order valence-electron chi connectivity index (χ4n) is 4.61. The standard InChI is InChI=1S/C27H31N3O2/c1-4-22-14-28-15-26(29-22)27(32)30-12-11-20(16-30)24-10-9-19(13-21(24)17-31)25-8-6-5-7-23(25)18(2)3/h5-10,13-15,18,20,31H,4,11-12,16-17H2,1-3H3. The summed E-state index contributed by atoms with van der Waals surface area (Å²) < 4.78 is 0. The van der Waals surface area contributed by atoms with Crippen molar-refractivity contribution in [1.29, 1.82) is 0 Å². The van der Waals surface area contributed by atoms with E-state index < -0.39 is 0 Å². The zero-order chi connectivity index (χ0) is 22.7. The highest BCUT2D eigenvalue weighted by molar-refractivity contribution is 5.92. The van der Waals surface area contributed by atoms with E-state index in [1.807, 2.05) is 11.8 Å². The zero-order valence-corrected chi connectivity index (χ0v) is 19.1. The Balaban J connectivity index is 1.56. The summed E-state index contributed by atoms with van der Waals surface area (Å²) in [6.07, 6.45) is 4.88. The Morgan fingerprint density at radius 2 is 2.00 bits per heavy atom. The Morgan fingerprint density at radius 3 is 2.75 bits per heavy atom. The molecule has 1 aliphatic heterocycles. The van der Waals surface area contributed by atoms with Gasteiger partial charge in [-0.1, -0.05) is 57.2 Å². The van der Waals surface area contributed by atoms with E-state index in [2.05, 4.69) is 66.3 Å². The van der Waals surface area contributed by atoms with Gasteiger partial charge in [-0.3, -0.25) is 9.78 Å². The molecule has 2 aromatic carbocycles. The van der Waals surface area contributed by atoms with E-state index in [0.717, 1.165) is 35.2 Å². The minimum Gasteiger partial charge on any atom is -0.392 e. The Labute approximate surface area is 190 Å². The van der Waals surface area contributed by atoms with Gasteiger partial charge in [0.2, 0.25) is 0 Å². The van der Waals surface area contributed by atoms with Crippen LogP contribution in [0.25, 0.3) is 11.1 Å². The number of nitrogens with zero attached hydrogens (tertiary/aromatic N) is 3. The molecule has 1 saturated heterocycles. The van der Waals surface area contributed by atoms with Gasteiger partial charge in [0.1, 0.15) is 5.69 Å². The van der Waals surface area contributed by atoms with E-state index in [1.54, 1.807) is 12.4 Å². The van der Waals surface area contributed by atoms with Crippen LogP contribution in [0.5, 0.6) is 0 Å². The summed E-state index contributed by atoms with van der Waals surface area (Å²) in [6.45, 7) is 7.71. The van der Waals surface area contributed by atoms with Crippen LogP contribution in [0.4, 0.5) is 0 Å². The molecule has 1 aliphatic rings. The molecule has 0 spiro atoms. The lowest BCUT2D eigenvalue weighted by Gasteiger charge is -2.19. The second-order valence-electron chi connectivity index (χ2n) is 8.80. The Hall–Kier alpha value is -3.05. The average Bonchev–Trinajstić information content (AvgIpc) is 3.33. The molecule has 0 bridgehead atoms. The van der Waals surface area contributed by atoms with Crippen molar-refractivity contribution in [2.45, 2.75) is 52.1 Å². The first-order valence-corrected chi connectivity index (χ1v) is 11.4. The number of carbonyl (C=O) groups excluding carboxylic acids is 1. The number of carbonyl (C=O) groups is 1. The van der Waals surface area contributed by atoms with Gasteiger partial charge in [-0.15, -0.1) is 0 Å². The highest BCUT2D eigenvalue weighted by Gasteiger charge is 2.30. The lowest BCUT2D eigenvalue weighted by molar-refractivity contribution is 0.0784. The summed E-state index contributed by atoms with van der Waals surface area (Å²) in [4.78, 5) is 23.4. The summed E-state index contributed by atoms with van der Waals surface area (Å²) in [5.41, 5.74) is 6.94. The van der Waals surface area contributed by atoms with Crippen LogP contribution in [0, 0.1) is 0 Å². The Morgan fingerprint density at radius 1 is 1.19 bits per heavy atom. The average molecular weight is 430 g/mol. The van der Waals surface area contributed by atoms with Gasteiger partial charge >= 0.3 is 0 Å². The molecule has 0 radical (unpaired) electrons. The molecular weight excluding hydrogens is 398 g/mol. The number of aromatic nitrogens is 2. The molecule has 1 aromatic heterocycles. The molecule has 2 heterocycles. The van der Waals surface area contributed by atoms with Gasteiger partial charge in [-0.25, -0.2) is 4.98 Å². The lowest BCUT2D eigenvalue weighted by Crippen LogP contribution is -2.29. The van der Waals surface area contributed by atoms with Gasteiger partial charge < -0.3 is 10.0 Å². The number of aliphatic hydroxyl groups excluding tert-OH is 1. The van der Waals surface area contributed by atoms with Crippen molar-refractivity contribution in [3.63, 3.8) is 0 Å². The SMILES string of the molecule is CCc1cncc(C(=O)N2CCC(c3ccc(-c4ccccc4C(C)C)cc3CO)C2)n1. The van der Waals surface area contributed by atoms with E-state index in [0.29, 0.717) is 24.7 Å². The second kappa shape index (κ2) is 9.61. The molecule has 5 heteroatoms. The first-order chi connectivity index (χ1) is 15.5. The van der Waals surface area contributed by atoms with Crippen molar-refractivity contribution < 1.29 is 9.90 Å². The van der Waals surface area contributed by atoms with Crippen LogP contribution in [0.3, 0.4) is 0 Å². The van der Waals surface area contributed by atoms with Gasteiger partial charge in [-0.2, -0.15) is 0 Å². The van der Waals surface area contributed by atoms with E-state index in [9.17, 15) is 9.90 Å². The molecule has 1 unspecified atom stereocenters. The highest BCUT2D eigenvalue weighted by Crippen LogP contribution is 2.35. The fourth-order valence-corrected chi connectivity index (χ4v) is 4.61. The highest BCUT2D eigenvalue weighted by atomic mass is 16.3. The van der Waals surface area contributed by atoms with Crippen LogP contribution in [0.15, 0.2) is 54.9 Å². The predicted octanol–water partition coefficient (Wildman–Crippen LogP) is 4.95. The quantitative estimate of drug-likeness (QED) is 0.602. The number of aliphatic hydroxyl groups is 1. The maximum Gasteiger partial charge on any atom is 0.274 e. The second-order valence-corrected chi connectivity index (χ2v) is 8.80. The molecule has 1 fully saturated rings. The third kappa shape index (κ3) is 4.44. The van der Waals surface area contributed by atoms with Gasteiger partial charge in [0.25, 0.3) is 5.91 Å². The molecule has 0 aliphatic carbocycles. The Bertz CT molecular complexity index is 1110. The van der Waals surface area contributed by atoms with Crippen molar-refractivity contribution >= 4 is 5.91 Å². The lowest BCUT2D eigenvalue weighted by atomic mass is 9.88. The van der Waals surface area contributed by atoms with Crippen LogP contribution in [0.1, 0.15) is 71.9 Å². The molecule has 1 atom stereocenters. The number of hydrogen-bond acceptors (Lipinski definition) is 4. The number of hydrogen-bond donors (Lipinski definition) is 1. The van der Waals surface area contributed by atoms with Gasteiger partial charge in [0.15, 0.2) is 0 Å². The molecular formula is C27H31N3O2. The third-order valence-corrected chi connectivity index (χ3v) is 6.39. The molecule has 4 rings (SSSR count). The molecule has 1 amide bonds. The molecule has 32 heavy (non-hydrogen) atoms. The number of amides is 1. The molecule has 3 aromatic rings. The van der Waals surface area contributed by atoms with Crippen molar-refractivity contribution in [3.8, 4) is 11.1 Å². The predicted molar refractivity (Wildman–Crippen MR) is 127 cm³/mol. The summed E-state index contributed by atoms with van der Waals surface area (Å²) in [5, 5.41) is 10.1. The summed E-state index contributed by atoms with van der Waals surface area (Å²) in [6, 6.07) is 14.8. The smallest absolute Gasteiger partial charge is 0.274 e. The molecule has 1 N–H and O–H groups in total. The van der Waals surface area contributed by atoms with E-state index in [1.165, 1.54) is 11.1 Å². The fraction of sp³-hybridized carbons (Fsp3) is 0.370. The van der Waals surface area contributed by atoms with Crippen molar-refractivity contribution in [2.75, 3.05) is 13.1 Å². The number of benzene rings is 2. The summed E-state index contributed by atoms with van der Waals surface area (Å²) in [7, 11) is 0. The first kappa shape index (κ1) is 22.2. The zero-order valence-electron chi connectivity index (χ0n) is 19.1. The third-order valence-electron chi connectivity index (χ3n) is 6.39. The number of rotatable bonds is 6. The maximum atomic E-state index is 13.0. The monoisotopic (exact) mass is 429 g/mol. The number of likely N-dealkylation sites (tertiary alicyclic amines) is 1. The van der Waals surface area contributed by atoms with E-state index in [4.69, 9.17) is 0 Å². The van der Waals surface area contributed by atoms with E-state index >= 15 is 0 Å². The summed E-state index contributed by atoms with van der Waals surface area (Å²) >= 11 is 0. The first-order valence-electron chi connectivity index (χ1n) is 11.4. The van der Waals surface area contributed by atoms with Crippen LogP contribution < -0.4 is 0 Å². The van der Waals surface area contributed by atoms with Crippen molar-refractivity contribution in [1.82, 2.24) is 14.9 Å². The van der Waals surface area contributed by atoms with Crippen molar-refractivity contribution in [2.24, 2.45) is 0 Å². The van der Waals surface area contributed by atoms with Crippen molar-refractivity contribution in [3.05, 3.63) is 82.9 Å². The Kier molecular flexibility index (Phi) is 6.66. The molecule has 166 valence electrons. The largest absolute Gasteiger partial charge is 0.392 e. The van der Waals surface area contributed by atoms with Gasteiger partial charge in [0, 0.05) is 25.2 Å². The molecule has 5 nitrogen and oxygen atoms in total. The minimum atomic E-state index is -0.0664. The van der Waals surface area contributed by atoms with Gasteiger partial charge in [-0.05, 0) is 52.6 Å². The normalized spacial score (nSPS) is 16.0. The number of aryl methyl sites for hydroxylation is 1. The summed E-state index contributed by atoms with van der Waals surface area (Å²) in [5.74, 6) is 0.563. The maximum absolute atomic E-state index is 13.0. The van der Waals surface area contributed by atoms with Crippen LogP contribution in [0.2, 0.25) is 0 Å².